The van der Waals surface area contributed by atoms with Crippen molar-refractivity contribution in [1.29, 1.82) is 0 Å². The lowest BCUT2D eigenvalue weighted by Crippen LogP contribution is -2.43. The standard InChI is InChI=1S/C29H36N2O5S2/c1-21(2)16-31(38(33,34)25-11-9-23(10-12-25)29(3,4)5)19-28(32)30(18-24-7-6-14-37-24)17-22-8-13-26-27(15-22)36-20-35-26/h6-15,21H,16-20H2,1-5H3. The molecular formula is C29H36N2O5S2. The molecule has 38 heavy (non-hydrogen) atoms. The van der Waals surface area contributed by atoms with Crippen LogP contribution in [0.15, 0.2) is 64.9 Å². The van der Waals surface area contributed by atoms with Crippen LogP contribution in [0.25, 0.3) is 0 Å². The molecule has 0 bridgehead atoms. The van der Waals surface area contributed by atoms with Crippen LogP contribution in [0.5, 0.6) is 11.5 Å². The van der Waals surface area contributed by atoms with Gasteiger partial charge in [0.25, 0.3) is 0 Å². The highest BCUT2D eigenvalue weighted by Gasteiger charge is 2.30. The summed E-state index contributed by atoms with van der Waals surface area (Å²) in [6.07, 6.45) is 0. The van der Waals surface area contributed by atoms with Gasteiger partial charge in [-0.05, 0) is 58.2 Å². The van der Waals surface area contributed by atoms with Crippen LogP contribution in [-0.4, -0.2) is 43.4 Å². The van der Waals surface area contributed by atoms with Crippen LogP contribution in [0.4, 0.5) is 0 Å². The number of hydrogen-bond donors (Lipinski definition) is 0. The largest absolute Gasteiger partial charge is 0.454 e. The molecule has 0 N–H and O–H groups in total. The number of thiophene rings is 1. The fourth-order valence-corrected chi connectivity index (χ4v) is 6.54. The van der Waals surface area contributed by atoms with Crippen molar-refractivity contribution in [3.05, 3.63) is 76.0 Å². The number of carbonyl (C=O) groups excluding carboxylic acids is 1. The molecule has 0 aliphatic carbocycles. The van der Waals surface area contributed by atoms with Gasteiger partial charge in [0, 0.05) is 18.0 Å². The lowest BCUT2D eigenvalue weighted by Gasteiger charge is -2.28. The smallest absolute Gasteiger partial charge is 0.243 e. The predicted molar refractivity (Wildman–Crippen MR) is 150 cm³/mol. The highest BCUT2D eigenvalue weighted by atomic mass is 32.2. The topological polar surface area (TPSA) is 76.2 Å². The molecule has 4 rings (SSSR count). The Hall–Kier alpha value is -2.88. The van der Waals surface area contributed by atoms with E-state index in [0.717, 1.165) is 16.0 Å². The normalized spacial score (nSPS) is 13.3. The van der Waals surface area contributed by atoms with Crippen molar-refractivity contribution in [2.24, 2.45) is 5.92 Å². The first-order valence-electron chi connectivity index (χ1n) is 12.7. The van der Waals surface area contributed by atoms with Crippen molar-refractivity contribution in [3.8, 4) is 11.5 Å². The van der Waals surface area contributed by atoms with Crippen LogP contribution >= 0.6 is 11.3 Å². The van der Waals surface area contributed by atoms with Crippen LogP contribution in [-0.2, 0) is 33.3 Å². The highest BCUT2D eigenvalue weighted by Crippen LogP contribution is 2.33. The molecule has 0 saturated carbocycles. The van der Waals surface area contributed by atoms with Crippen LogP contribution in [0.2, 0.25) is 0 Å². The third kappa shape index (κ3) is 6.76. The van der Waals surface area contributed by atoms with E-state index in [1.54, 1.807) is 28.4 Å². The lowest BCUT2D eigenvalue weighted by atomic mass is 9.87. The number of carbonyl (C=O) groups is 1. The maximum absolute atomic E-state index is 13.7. The van der Waals surface area contributed by atoms with E-state index in [4.69, 9.17) is 9.47 Å². The summed E-state index contributed by atoms with van der Waals surface area (Å²) in [7, 11) is -3.88. The van der Waals surface area contributed by atoms with Gasteiger partial charge in [-0.3, -0.25) is 4.79 Å². The Morgan fingerprint density at radius 1 is 1.00 bits per heavy atom. The van der Waals surface area contributed by atoms with Crippen molar-refractivity contribution < 1.29 is 22.7 Å². The van der Waals surface area contributed by atoms with Gasteiger partial charge in [-0.15, -0.1) is 11.3 Å². The van der Waals surface area contributed by atoms with Gasteiger partial charge in [-0.1, -0.05) is 58.9 Å². The zero-order valence-electron chi connectivity index (χ0n) is 22.6. The number of rotatable bonds is 10. The molecule has 0 fully saturated rings. The Morgan fingerprint density at radius 3 is 2.34 bits per heavy atom. The molecule has 7 nitrogen and oxygen atoms in total. The quantitative estimate of drug-likeness (QED) is 0.323. The summed E-state index contributed by atoms with van der Waals surface area (Å²) in [5.74, 6) is 1.11. The maximum Gasteiger partial charge on any atom is 0.243 e. The minimum Gasteiger partial charge on any atom is -0.454 e. The van der Waals surface area contributed by atoms with Crippen molar-refractivity contribution in [2.45, 2.75) is 58.0 Å². The Kier molecular flexibility index (Phi) is 8.49. The first kappa shape index (κ1) is 28.1. The van der Waals surface area contributed by atoms with Gasteiger partial charge in [0.1, 0.15) is 0 Å². The van der Waals surface area contributed by atoms with Crippen LogP contribution < -0.4 is 9.47 Å². The third-order valence-corrected chi connectivity index (χ3v) is 9.02. The SMILES string of the molecule is CC(C)CN(CC(=O)N(Cc1ccc2c(c1)OCO2)Cc1cccs1)S(=O)(=O)c1ccc(C(C)(C)C)cc1. The van der Waals surface area contributed by atoms with Gasteiger partial charge in [-0.25, -0.2) is 8.42 Å². The number of benzene rings is 2. The summed E-state index contributed by atoms with van der Waals surface area (Å²) in [5.41, 5.74) is 1.84. The Morgan fingerprint density at radius 2 is 1.71 bits per heavy atom. The number of ether oxygens (including phenoxy) is 2. The van der Waals surface area contributed by atoms with E-state index in [9.17, 15) is 13.2 Å². The van der Waals surface area contributed by atoms with Gasteiger partial charge in [0.2, 0.25) is 22.7 Å². The molecular weight excluding hydrogens is 520 g/mol. The Bertz CT molecular complexity index is 1340. The first-order valence-corrected chi connectivity index (χ1v) is 15.0. The fourth-order valence-electron chi connectivity index (χ4n) is 4.26. The summed E-state index contributed by atoms with van der Waals surface area (Å²) in [6, 6.07) is 16.5. The molecule has 2 heterocycles. The van der Waals surface area contributed by atoms with Crippen molar-refractivity contribution in [2.75, 3.05) is 19.9 Å². The summed E-state index contributed by atoms with van der Waals surface area (Å²) < 4.78 is 39.7. The van der Waals surface area contributed by atoms with E-state index in [2.05, 4.69) is 20.8 Å². The van der Waals surface area contributed by atoms with Gasteiger partial charge in [-0.2, -0.15) is 4.31 Å². The first-order chi connectivity index (χ1) is 17.9. The Labute approximate surface area is 230 Å². The minimum absolute atomic E-state index is 0.0472. The van der Waals surface area contributed by atoms with E-state index >= 15 is 0 Å². The van der Waals surface area contributed by atoms with Crippen molar-refractivity contribution >= 4 is 27.3 Å². The average Bonchev–Trinajstić information content (AvgIpc) is 3.54. The molecule has 1 amide bonds. The zero-order valence-corrected chi connectivity index (χ0v) is 24.3. The van der Waals surface area contributed by atoms with Gasteiger partial charge in [0.15, 0.2) is 11.5 Å². The highest BCUT2D eigenvalue weighted by molar-refractivity contribution is 7.89. The summed E-state index contributed by atoms with van der Waals surface area (Å²) in [5, 5.41) is 1.97. The average molecular weight is 557 g/mol. The summed E-state index contributed by atoms with van der Waals surface area (Å²) >= 11 is 1.56. The second kappa shape index (κ2) is 11.5. The minimum atomic E-state index is -3.88. The fraction of sp³-hybridized carbons (Fsp3) is 0.414. The maximum atomic E-state index is 13.7. The Balaban J connectivity index is 1.59. The predicted octanol–water partition coefficient (Wildman–Crippen LogP) is 5.65. The third-order valence-electron chi connectivity index (χ3n) is 6.33. The van der Waals surface area contributed by atoms with Gasteiger partial charge >= 0.3 is 0 Å². The molecule has 9 heteroatoms. The lowest BCUT2D eigenvalue weighted by molar-refractivity contribution is -0.132. The molecule has 0 unspecified atom stereocenters. The number of nitrogens with zero attached hydrogens (tertiary/aromatic N) is 2. The molecule has 1 aliphatic rings. The van der Waals surface area contributed by atoms with Crippen LogP contribution in [0.1, 0.15) is 50.6 Å². The molecule has 0 spiro atoms. The van der Waals surface area contributed by atoms with Crippen molar-refractivity contribution in [3.63, 3.8) is 0 Å². The molecule has 1 aliphatic heterocycles. The molecule has 1 aromatic heterocycles. The molecule has 2 aromatic carbocycles. The number of sulfonamides is 1. The van der Waals surface area contributed by atoms with E-state index in [0.29, 0.717) is 24.6 Å². The van der Waals surface area contributed by atoms with E-state index in [-0.39, 0.29) is 42.0 Å². The van der Waals surface area contributed by atoms with E-state index < -0.39 is 10.0 Å². The van der Waals surface area contributed by atoms with Crippen molar-refractivity contribution in [1.82, 2.24) is 9.21 Å². The molecule has 0 radical (unpaired) electrons. The summed E-state index contributed by atoms with van der Waals surface area (Å²) in [4.78, 5) is 16.7. The number of amides is 1. The number of hydrogen-bond acceptors (Lipinski definition) is 6. The molecule has 3 aromatic rings. The summed E-state index contributed by atoms with van der Waals surface area (Å²) in [6.45, 7) is 11.0. The van der Waals surface area contributed by atoms with Gasteiger partial charge in [0.05, 0.1) is 18.0 Å². The van der Waals surface area contributed by atoms with Gasteiger partial charge < -0.3 is 14.4 Å². The second-order valence-electron chi connectivity index (χ2n) is 11.0. The molecule has 0 atom stereocenters. The van der Waals surface area contributed by atoms with Crippen LogP contribution in [0.3, 0.4) is 0 Å². The van der Waals surface area contributed by atoms with E-state index in [1.165, 1.54) is 4.31 Å². The molecule has 204 valence electrons. The van der Waals surface area contributed by atoms with Crippen LogP contribution in [0, 0.1) is 5.92 Å². The monoisotopic (exact) mass is 556 g/mol. The van der Waals surface area contributed by atoms with E-state index in [1.807, 2.05) is 61.7 Å². The number of fused-ring (bicyclic) bond motifs is 1. The molecule has 0 saturated heterocycles. The second-order valence-corrected chi connectivity index (χ2v) is 14.0. The zero-order chi connectivity index (χ0) is 27.5.